The molecule has 1 N–H and O–H groups in total. The summed E-state index contributed by atoms with van der Waals surface area (Å²) in [6.07, 6.45) is 1.56. The Morgan fingerprint density at radius 3 is 2.80 bits per heavy atom. The molecule has 0 aromatic heterocycles. The first-order chi connectivity index (χ1) is 7.12. The van der Waals surface area contributed by atoms with E-state index in [1.165, 1.54) is 0 Å². The van der Waals surface area contributed by atoms with Crippen LogP contribution in [0.25, 0.3) is 0 Å². The summed E-state index contributed by atoms with van der Waals surface area (Å²) in [6.45, 7) is 5.40. The van der Waals surface area contributed by atoms with Gasteiger partial charge in [0.15, 0.2) is 0 Å². The van der Waals surface area contributed by atoms with E-state index in [1.807, 2.05) is 32.0 Å². The van der Waals surface area contributed by atoms with Crippen molar-refractivity contribution < 1.29 is 4.39 Å². The molecule has 15 heavy (non-hydrogen) atoms. The summed E-state index contributed by atoms with van der Waals surface area (Å²) in [7, 11) is 0. The zero-order chi connectivity index (χ0) is 10.9. The minimum Gasteiger partial charge on any atom is -0.313 e. The molecule has 1 unspecified atom stereocenters. The van der Waals surface area contributed by atoms with E-state index in [0.29, 0.717) is 13.0 Å². The highest BCUT2D eigenvalue weighted by Gasteiger charge is 2.34. The standard InChI is InChI=1S/C13H18FN/c1-10-4-5-11(2)12(8-10)13(14)6-3-7-15-9-13/h4-5,8,15H,3,6-7,9H2,1-2H3. The third kappa shape index (κ3) is 2.05. The van der Waals surface area contributed by atoms with Gasteiger partial charge in [0.25, 0.3) is 0 Å². The van der Waals surface area contributed by atoms with Crippen LogP contribution in [0, 0.1) is 13.8 Å². The van der Waals surface area contributed by atoms with Gasteiger partial charge in [-0.15, -0.1) is 0 Å². The van der Waals surface area contributed by atoms with E-state index < -0.39 is 5.67 Å². The highest BCUT2D eigenvalue weighted by atomic mass is 19.1. The van der Waals surface area contributed by atoms with Crippen LogP contribution in [0.15, 0.2) is 18.2 Å². The summed E-state index contributed by atoms with van der Waals surface area (Å²) in [5.74, 6) is 0. The van der Waals surface area contributed by atoms with Gasteiger partial charge in [-0.2, -0.15) is 0 Å². The van der Waals surface area contributed by atoms with Crippen LogP contribution in [0.5, 0.6) is 0 Å². The van der Waals surface area contributed by atoms with Crippen molar-refractivity contribution in [3.05, 3.63) is 34.9 Å². The van der Waals surface area contributed by atoms with Crippen molar-refractivity contribution >= 4 is 0 Å². The molecule has 0 amide bonds. The maximum atomic E-state index is 14.7. The average Bonchev–Trinajstić information content (AvgIpc) is 2.23. The van der Waals surface area contributed by atoms with Gasteiger partial charge in [-0.3, -0.25) is 0 Å². The van der Waals surface area contributed by atoms with Crippen LogP contribution >= 0.6 is 0 Å². The van der Waals surface area contributed by atoms with Crippen LogP contribution < -0.4 is 5.32 Å². The van der Waals surface area contributed by atoms with Gasteiger partial charge in [-0.25, -0.2) is 4.39 Å². The number of halogens is 1. The number of alkyl halides is 1. The molecule has 0 aliphatic carbocycles. The molecule has 2 heteroatoms. The third-order valence-corrected chi connectivity index (χ3v) is 3.21. The first-order valence-corrected chi connectivity index (χ1v) is 5.59. The lowest BCUT2D eigenvalue weighted by Crippen LogP contribution is -2.40. The Hall–Kier alpha value is -0.890. The molecule has 1 aliphatic heterocycles. The fourth-order valence-electron chi connectivity index (χ4n) is 2.32. The van der Waals surface area contributed by atoms with Crippen LogP contribution in [-0.2, 0) is 5.67 Å². The lowest BCUT2D eigenvalue weighted by molar-refractivity contribution is 0.121. The molecule has 0 radical (unpaired) electrons. The van der Waals surface area contributed by atoms with Gasteiger partial charge in [0.1, 0.15) is 5.67 Å². The van der Waals surface area contributed by atoms with E-state index in [4.69, 9.17) is 0 Å². The molecule has 1 aromatic carbocycles. The second-order valence-electron chi connectivity index (χ2n) is 4.56. The number of rotatable bonds is 1. The number of aryl methyl sites for hydroxylation is 2. The monoisotopic (exact) mass is 207 g/mol. The number of hydrogen-bond donors (Lipinski definition) is 1. The Morgan fingerprint density at radius 1 is 1.33 bits per heavy atom. The molecule has 82 valence electrons. The molecule has 1 nitrogen and oxygen atoms in total. The van der Waals surface area contributed by atoms with Crippen molar-refractivity contribution in [3.8, 4) is 0 Å². The molecule has 0 saturated carbocycles. The molecule has 1 heterocycles. The maximum Gasteiger partial charge on any atom is 0.148 e. The Morgan fingerprint density at radius 2 is 2.13 bits per heavy atom. The molecular weight excluding hydrogens is 189 g/mol. The molecule has 1 fully saturated rings. The molecule has 1 atom stereocenters. The zero-order valence-corrected chi connectivity index (χ0v) is 9.44. The highest BCUT2D eigenvalue weighted by Crippen LogP contribution is 2.35. The Bertz CT molecular complexity index is 354. The zero-order valence-electron chi connectivity index (χ0n) is 9.44. The van der Waals surface area contributed by atoms with Gasteiger partial charge in [0.05, 0.1) is 0 Å². The van der Waals surface area contributed by atoms with Gasteiger partial charge >= 0.3 is 0 Å². The van der Waals surface area contributed by atoms with Crippen LogP contribution in [0.2, 0.25) is 0 Å². The summed E-state index contributed by atoms with van der Waals surface area (Å²) >= 11 is 0. The van der Waals surface area contributed by atoms with Crippen molar-refractivity contribution in [1.29, 1.82) is 0 Å². The van der Waals surface area contributed by atoms with E-state index in [2.05, 4.69) is 5.32 Å². The van der Waals surface area contributed by atoms with Crippen LogP contribution in [-0.4, -0.2) is 13.1 Å². The predicted octanol–water partition coefficient (Wildman–Crippen LogP) is 2.85. The van der Waals surface area contributed by atoms with Crippen molar-refractivity contribution in [2.24, 2.45) is 0 Å². The highest BCUT2D eigenvalue weighted by molar-refractivity contribution is 5.35. The summed E-state index contributed by atoms with van der Waals surface area (Å²) in [6, 6.07) is 6.04. The molecule has 1 saturated heterocycles. The number of nitrogens with one attached hydrogen (secondary N) is 1. The second-order valence-corrected chi connectivity index (χ2v) is 4.56. The smallest absolute Gasteiger partial charge is 0.148 e. The largest absolute Gasteiger partial charge is 0.313 e. The summed E-state index contributed by atoms with van der Waals surface area (Å²) in [5, 5.41) is 3.15. The maximum absolute atomic E-state index is 14.7. The second kappa shape index (κ2) is 3.93. The van der Waals surface area contributed by atoms with Gasteiger partial charge in [-0.1, -0.05) is 23.8 Å². The predicted molar refractivity (Wildman–Crippen MR) is 60.8 cm³/mol. The first-order valence-electron chi connectivity index (χ1n) is 5.59. The molecule has 0 bridgehead atoms. The van der Waals surface area contributed by atoms with E-state index in [9.17, 15) is 4.39 Å². The average molecular weight is 207 g/mol. The van der Waals surface area contributed by atoms with Gasteiger partial charge in [0, 0.05) is 6.54 Å². The quantitative estimate of drug-likeness (QED) is 0.746. The van der Waals surface area contributed by atoms with Crippen molar-refractivity contribution in [2.45, 2.75) is 32.4 Å². The van der Waals surface area contributed by atoms with Crippen LogP contribution in [0.3, 0.4) is 0 Å². The van der Waals surface area contributed by atoms with Gasteiger partial charge < -0.3 is 5.32 Å². The summed E-state index contributed by atoms with van der Waals surface area (Å²) in [4.78, 5) is 0. The third-order valence-electron chi connectivity index (χ3n) is 3.21. The van der Waals surface area contributed by atoms with E-state index in [1.54, 1.807) is 0 Å². The number of benzene rings is 1. The minimum absolute atomic E-state index is 0.456. The molecule has 1 aromatic rings. The van der Waals surface area contributed by atoms with Crippen molar-refractivity contribution in [1.82, 2.24) is 5.32 Å². The lowest BCUT2D eigenvalue weighted by Gasteiger charge is -2.32. The molecule has 0 spiro atoms. The van der Waals surface area contributed by atoms with Gasteiger partial charge in [-0.05, 0) is 44.4 Å². The topological polar surface area (TPSA) is 12.0 Å². The van der Waals surface area contributed by atoms with Crippen molar-refractivity contribution in [2.75, 3.05) is 13.1 Å². The molecule has 1 aliphatic rings. The first kappa shape index (κ1) is 10.6. The summed E-state index contributed by atoms with van der Waals surface area (Å²) < 4.78 is 14.7. The SMILES string of the molecule is Cc1ccc(C)c(C2(F)CCCNC2)c1. The minimum atomic E-state index is -1.16. The van der Waals surface area contributed by atoms with Gasteiger partial charge in [0.2, 0.25) is 0 Å². The van der Waals surface area contributed by atoms with Crippen LogP contribution in [0.1, 0.15) is 29.5 Å². The fraction of sp³-hybridized carbons (Fsp3) is 0.538. The Balaban J connectivity index is 2.38. The lowest BCUT2D eigenvalue weighted by atomic mass is 9.85. The Kier molecular flexibility index (Phi) is 2.79. The van der Waals surface area contributed by atoms with Crippen molar-refractivity contribution in [3.63, 3.8) is 0 Å². The number of piperidine rings is 1. The Labute approximate surface area is 90.7 Å². The van der Waals surface area contributed by atoms with E-state index >= 15 is 0 Å². The normalized spacial score (nSPS) is 26.6. The van der Waals surface area contributed by atoms with E-state index in [-0.39, 0.29) is 0 Å². The van der Waals surface area contributed by atoms with Crippen LogP contribution in [0.4, 0.5) is 4.39 Å². The number of hydrogen-bond acceptors (Lipinski definition) is 1. The van der Waals surface area contributed by atoms with E-state index in [0.717, 1.165) is 29.7 Å². The summed E-state index contributed by atoms with van der Waals surface area (Å²) in [5.41, 5.74) is 1.91. The molecule has 2 rings (SSSR count). The molecular formula is C13H18FN. The fourth-order valence-corrected chi connectivity index (χ4v) is 2.32.